The molecule has 1 rings (SSSR count). The van der Waals surface area contributed by atoms with Crippen molar-refractivity contribution in [2.75, 3.05) is 0 Å². The van der Waals surface area contributed by atoms with Crippen molar-refractivity contribution in [2.45, 2.75) is 37.2 Å². The van der Waals surface area contributed by atoms with Gasteiger partial charge in [-0.05, 0) is 13.3 Å². The topological polar surface area (TPSA) is 63.3 Å². The molecular formula is C9H13NO3S. The molecule has 0 amide bonds. The van der Waals surface area contributed by atoms with E-state index in [-0.39, 0.29) is 11.7 Å². The maximum atomic E-state index is 10.3. The zero-order valence-electron chi connectivity index (χ0n) is 8.19. The first-order valence-electron chi connectivity index (χ1n) is 4.38. The molecule has 0 aliphatic carbocycles. The molecule has 0 fully saturated rings. The van der Waals surface area contributed by atoms with Crippen LogP contribution < -0.4 is 0 Å². The molecular weight excluding hydrogens is 202 g/mol. The van der Waals surface area contributed by atoms with Crippen LogP contribution in [-0.4, -0.2) is 21.3 Å². The highest BCUT2D eigenvalue weighted by atomic mass is 32.2. The van der Waals surface area contributed by atoms with Crippen LogP contribution in [0.15, 0.2) is 15.9 Å². The number of aliphatic carboxylic acids is 1. The third-order valence-corrected chi connectivity index (χ3v) is 2.69. The Kier molecular flexibility index (Phi) is 4.00. The largest absolute Gasteiger partial charge is 0.481 e. The fourth-order valence-corrected chi connectivity index (χ4v) is 1.82. The van der Waals surface area contributed by atoms with E-state index in [4.69, 9.17) is 9.52 Å². The quantitative estimate of drug-likeness (QED) is 0.764. The van der Waals surface area contributed by atoms with E-state index in [9.17, 15) is 4.79 Å². The van der Waals surface area contributed by atoms with Crippen molar-refractivity contribution in [3.8, 4) is 0 Å². The first kappa shape index (κ1) is 11.1. The van der Waals surface area contributed by atoms with Crippen LogP contribution in [0, 0.1) is 6.92 Å². The lowest BCUT2D eigenvalue weighted by Gasteiger charge is -2.05. The van der Waals surface area contributed by atoms with E-state index >= 15 is 0 Å². The summed E-state index contributed by atoms with van der Waals surface area (Å²) in [5.74, 6) is -0.763. The molecule has 0 bridgehead atoms. The van der Waals surface area contributed by atoms with E-state index in [0.717, 1.165) is 5.69 Å². The lowest BCUT2D eigenvalue weighted by Crippen LogP contribution is -2.02. The van der Waals surface area contributed by atoms with Crippen molar-refractivity contribution < 1.29 is 14.3 Å². The molecule has 0 saturated heterocycles. The van der Waals surface area contributed by atoms with Crippen LogP contribution in [0.4, 0.5) is 0 Å². The van der Waals surface area contributed by atoms with E-state index in [1.165, 1.54) is 11.8 Å². The van der Waals surface area contributed by atoms with Gasteiger partial charge in [0.05, 0.1) is 5.69 Å². The number of oxazole rings is 1. The number of thioether (sulfide) groups is 1. The van der Waals surface area contributed by atoms with Crippen molar-refractivity contribution in [2.24, 2.45) is 0 Å². The highest BCUT2D eigenvalue weighted by molar-refractivity contribution is 7.99. The summed E-state index contributed by atoms with van der Waals surface area (Å²) in [4.78, 5) is 14.4. The third-order valence-electron chi connectivity index (χ3n) is 1.66. The molecule has 78 valence electrons. The first-order chi connectivity index (χ1) is 6.58. The Hall–Kier alpha value is -0.970. The SMILES string of the molecule is Cc1coc(SC(C)CCC(=O)O)n1. The number of aromatic nitrogens is 1. The van der Waals surface area contributed by atoms with E-state index in [1.54, 1.807) is 6.26 Å². The van der Waals surface area contributed by atoms with Gasteiger partial charge in [0.15, 0.2) is 0 Å². The average molecular weight is 215 g/mol. The lowest BCUT2D eigenvalue weighted by atomic mass is 10.2. The summed E-state index contributed by atoms with van der Waals surface area (Å²) in [7, 11) is 0. The molecule has 1 atom stereocenters. The van der Waals surface area contributed by atoms with Crippen LogP contribution in [0.2, 0.25) is 0 Å². The Labute approximate surface area is 86.7 Å². The molecule has 1 heterocycles. The predicted molar refractivity (Wildman–Crippen MR) is 53.4 cm³/mol. The molecule has 5 heteroatoms. The summed E-state index contributed by atoms with van der Waals surface area (Å²) in [6.07, 6.45) is 2.40. The van der Waals surface area contributed by atoms with Gasteiger partial charge in [0.25, 0.3) is 5.22 Å². The predicted octanol–water partition coefficient (Wildman–Crippen LogP) is 2.33. The van der Waals surface area contributed by atoms with E-state index in [0.29, 0.717) is 11.6 Å². The second kappa shape index (κ2) is 5.05. The van der Waals surface area contributed by atoms with E-state index in [2.05, 4.69) is 4.98 Å². The van der Waals surface area contributed by atoms with Gasteiger partial charge >= 0.3 is 5.97 Å². The number of nitrogens with zero attached hydrogens (tertiary/aromatic N) is 1. The van der Waals surface area contributed by atoms with Gasteiger partial charge in [-0.2, -0.15) is 0 Å². The highest BCUT2D eigenvalue weighted by Gasteiger charge is 2.10. The van der Waals surface area contributed by atoms with E-state index < -0.39 is 5.97 Å². The number of carboxylic acids is 1. The Morgan fingerprint density at radius 1 is 1.79 bits per heavy atom. The number of carbonyl (C=O) groups is 1. The minimum atomic E-state index is -0.763. The van der Waals surface area contributed by atoms with Crippen molar-refractivity contribution in [1.29, 1.82) is 0 Å². The maximum absolute atomic E-state index is 10.3. The van der Waals surface area contributed by atoms with Crippen molar-refractivity contribution in [3.63, 3.8) is 0 Å². The molecule has 0 aliphatic heterocycles. The molecule has 4 nitrogen and oxygen atoms in total. The monoisotopic (exact) mass is 215 g/mol. The number of hydrogen-bond acceptors (Lipinski definition) is 4. The van der Waals surface area contributed by atoms with Gasteiger partial charge in [0.2, 0.25) is 0 Å². The van der Waals surface area contributed by atoms with Gasteiger partial charge in [0.1, 0.15) is 6.26 Å². The van der Waals surface area contributed by atoms with Gasteiger partial charge in [-0.1, -0.05) is 18.7 Å². The number of carboxylic acid groups (broad SMARTS) is 1. The number of aryl methyl sites for hydroxylation is 1. The molecule has 0 saturated carbocycles. The summed E-state index contributed by atoms with van der Waals surface area (Å²) in [5, 5.41) is 9.31. The Bertz CT molecular complexity index is 311. The van der Waals surface area contributed by atoms with Crippen LogP contribution in [0.25, 0.3) is 0 Å². The number of hydrogen-bond donors (Lipinski definition) is 1. The molecule has 1 aromatic heterocycles. The van der Waals surface area contributed by atoms with Crippen LogP contribution in [-0.2, 0) is 4.79 Å². The number of rotatable bonds is 5. The van der Waals surface area contributed by atoms with Crippen LogP contribution in [0.1, 0.15) is 25.5 Å². The lowest BCUT2D eigenvalue weighted by molar-refractivity contribution is -0.137. The molecule has 14 heavy (non-hydrogen) atoms. The summed E-state index contributed by atoms with van der Waals surface area (Å²) in [5.41, 5.74) is 0.845. The van der Waals surface area contributed by atoms with Crippen LogP contribution >= 0.6 is 11.8 Å². The smallest absolute Gasteiger partial charge is 0.303 e. The van der Waals surface area contributed by atoms with Gasteiger partial charge in [-0.3, -0.25) is 4.79 Å². The molecule has 0 radical (unpaired) electrons. The maximum Gasteiger partial charge on any atom is 0.303 e. The van der Waals surface area contributed by atoms with Crippen LogP contribution in [0.5, 0.6) is 0 Å². The summed E-state index contributed by atoms with van der Waals surface area (Å²) in [6, 6.07) is 0. The average Bonchev–Trinajstić information content (AvgIpc) is 2.48. The fourth-order valence-electron chi connectivity index (χ4n) is 0.944. The molecule has 1 N–H and O–H groups in total. The first-order valence-corrected chi connectivity index (χ1v) is 5.26. The molecule has 0 aliphatic rings. The molecule has 0 aromatic carbocycles. The summed E-state index contributed by atoms with van der Waals surface area (Å²) in [6.45, 7) is 3.82. The Morgan fingerprint density at radius 2 is 2.50 bits per heavy atom. The van der Waals surface area contributed by atoms with Crippen LogP contribution in [0.3, 0.4) is 0 Å². The van der Waals surface area contributed by atoms with Gasteiger partial charge < -0.3 is 9.52 Å². The molecule has 1 unspecified atom stereocenters. The third kappa shape index (κ3) is 3.83. The van der Waals surface area contributed by atoms with Gasteiger partial charge in [0, 0.05) is 11.7 Å². The minimum absolute atomic E-state index is 0.188. The van der Waals surface area contributed by atoms with Gasteiger partial charge in [-0.25, -0.2) is 4.98 Å². The Balaban J connectivity index is 2.33. The summed E-state index contributed by atoms with van der Waals surface area (Å²) < 4.78 is 5.15. The normalized spacial score (nSPS) is 12.7. The van der Waals surface area contributed by atoms with Crippen molar-refractivity contribution >= 4 is 17.7 Å². The molecule has 1 aromatic rings. The zero-order chi connectivity index (χ0) is 10.6. The standard InChI is InChI=1S/C9H13NO3S/c1-6-5-13-9(10-6)14-7(2)3-4-8(11)12/h5,7H,3-4H2,1-2H3,(H,11,12). The second-order valence-electron chi connectivity index (χ2n) is 3.12. The van der Waals surface area contributed by atoms with E-state index in [1.807, 2.05) is 13.8 Å². The van der Waals surface area contributed by atoms with Gasteiger partial charge in [-0.15, -0.1) is 0 Å². The Morgan fingerprint density at radius 3 is 3.00 bits per heavy atom. The van der Waals surface area contributed by atoms with Crippen molar-refractivity contribution in [1.82, 2.24) is 4.98 Å². The highest BCUT2D eigenvalue weighted by Crippen LogP contribution is 2.24. The summed E-state index contributed by atoms with van der Waals surface area (Å²) >= 11 is 1.47. The minimum Gasteiger partial charge on any atom is -0.481 e. The zero-order valence-corrected chi connectivity index (χ0v) is 9.00. The van der Waals surface area contributed by atoms with Crippen molar-refractivity contribution in [3.05, 3.63) is 12.0 Å². The second-order valence-corrected chi connectivity index (χ2v) is 4.51. The molecule has 0 spiro atoms. The fraction of sp³-hybridized carbons (Fsp3) is 0.556.